The molecule has 0 saturated carbocycles. The number of amides is 1. The summed E-state index contributed by atoms with van der Waals surface area (Å²) in [6.45, 7) is 4.78. The molecule has 0 aliphatic carbocycles. The number of hydrogen-bond acceptors (Lipinski definition) is 3. The van der Waals surface area contributed by atoms with E-state index in [1.807, 2.05) is 36.1 Å². The van der Waals surface area contributed by atoms with Gasteiger partial charge in [-0.1, -0.05) is 44.2 Å². The van der Waals surface area contributed by atoms with Crippen molar-refractivity contribution in [3.8, 4) is 11.5 Å². The largest absolute Gasteiger partial charge is 0.493 e. The number of hydrogen-bond donors (Lipinski definition) is 0. The average molecular weight is 353 g/mol. The minimum Gasteiger partial charge on any atom is -0.493 e. The van der Waals surface area contributed by atoms with Gasteiger partial charge < -0.3 is 14.4 Å². The number of ether oxygens (including phenoxy) is 2. The van der Waals surface area contributed by atoms with Crippen LogP contribution in [-0.4, -0.2) is 31.6 Å². The molecule has 0 N–H and O–H groups in total. The number of benzene rings is 2. The summed E-state index contributed by atoms with van der Waals surface area (Å²) in [6.07, 6.45) is 1.66. The van der Waals surface area contributed by atoms with Crippen LogP contribution in [-0.2, 0) is 11.2 Å². The molecular weight excluding hydrogens is 326 g/mol. The Morgan fingerprint density at radius 3 is 2.42 bits per heavy atom. The van der Waals surface area contributed by atoms with Gasteiger partial charge in [0.2, 0.25) is 5.91 Å². The monoisotopic (exact) mass is 353 g/mol. The van der Waals surface area contributed by atoms with E-state index in [1.54, 1.807) is 14.2 Å². The number of nitrogens with zero attached hydrogens (tertiary/aromatic N) is 1. The Morgan fingerprint density at radius 1 is 1.15 bits per heavy atom. The first-order valence-corrected chi connectivity index (χ1v) is 9.20. The molecule has 4 heteroatoms. The lowest BCUT2D eigenvalue weighted by Gasteiger charge is -2.39. The molecule has 3 rings (SSSR count). The SMILES string of the molecule is CC[C@H](C)C(=O)N1CCc2cc(OC)c(OC)cc2[C@@H]1c1ccccc1. The quantitative estimate of drug-likeness (QED) is 0.808. The van der Waals surface area contributed by atoms with Gasteiger partial charge in [-0.05, 0) is 41.7 Å². The van der Waals surface area contributed by atoms with Crippen LogP contribution in [0, 0.1) is 5.92 Å². The molecule has 4 nitrogen and oxygen atoms in total. The zero-order valence-corrected chi connectivity index (χ0v) is 16.0. The first-order chi connectivity index (χ1) is 12.6. The molecular formula is C22H27NO3. The summed E-state index contributed by atoms with van der Waals surface area (Å²) in [5.74, 6) is 1.66. The molecule has 2 aromatic carbocycles. The summed E-state index contributed by atoms with van der Waals surface area (Å²) in [5, 5.41) is 0. The maximum Gasteiger partial charge on any atom is 0.226 e. The van der Waals surface area contributed by atoms with Gasteiger partial charge in [0.25, 0.3) is 0 Å². The van der Waals surface area contributed by atoms with E-state index in [-0.39, 0.29) is 17.9 Å². The van der Waals surface area contributed by atoms with E-state index in [9.17, 15) is 4.79 Å². The van der Waals surface area contributed by atoms with Gasteiger partial charge in [0, 0.05) is 12.5 Å². The number of fused-ring (bicyclic) bond motifs is 1. The van der Waals surface area contributed by atoms with Crippen LogP contribution in [0.4, 0.5) is 0 Å². The molecule has 138 valence electrons. The molecule has 0 bridgehead atoms. The molecule has 0 unspecified atom stereocenters. The van der Waals surface area contributed by atoms with Crippen molar-refractivity contribution in [2.45, 2.75) is 32.7 Å². The molecule has 1 aliphatic heterocycles. The van der Waals surface area contributed by atoms with E-state index < -0.39 is 0 Å². The number of rotatable bonds is 5. The van der Waals surface area contributed by atoms with E-state index in [1.165, 1.54) is 5.56 Å². The van der Waals surface area contributed by atoms with Crippen LogP contribution in [0.15, 0.2) is 42.5 Å². The summed E-state index contributed by atoms with van der Waals surface area (Å²) >= 11 is 0. The topological polar surface area (TPSA) is 38.8 Å². The highest BCUT2D eigenvalue weighted by atomic mass is 16.5. The third-order valence-corrected chi connectivity index (χ3v) is 5.31. The Labute approximate surface area is 155 Å². The Balaban J connectivity index is 2.13. The van der Waals surface area contributed by atoms with Crippen molar-refractivity contribution >= 4 is 5.91 Å². The minimum atomic E-state index is -0.0961. The Morgan fingerprint density at radius 2 is 1.81 bits per heavy atom. The normalized spacial score (nSPS) is 17.4. The van der Waals surface area contributed by atoms with Crippen molar-refractivity contribution < 1.29 is 14.3 Å². The van der Waals surface area contributed by atoms with Crippen molar-refractivity contribution in [3.63, 3.8) is 0 Å². The lowest BCUT2D eigenvalue weighted by molar-refractivity contribution is -0.137. The van der Waals surface area contributed by atoms with Crippen molar-refractivity contribution in [2.24, 2.45) is 5.92 Å². The predicted octanol–water partition coefficient (Wildman–Crippen LogP) is 4.22. The van der Waals surface area contributed by atoms with Gasteiger partial charge >= 0.3 is 0 Å². The molecule has 2 aromatic rings. The van der Waals surface area contributed by atoms with Crippen LogP contribution in [0.1, 0.15) is 43.0 Å². The third kappa shape index (κ3) is 3.28. The van der Waals surface area contributed by atoms with Crippen molar-refractivity contribution in [3.05, 3.63) is 59.2 Å². The molecule has 0 radical (unpaired) electrons. The third-order valence-electron chi connectivity index (χ3n) is 5.31. The molecule has 1 amide bonds. The van der Waals surface area contributed by atoms with E-state index in [0.717, 1.165) is 29.7 Å². The van der Waals surface area contributed by atoms with Gasteiger partial charge in [-0.15, -0.1) is 0 Å². The summed E-state index contributed by atoms with van der Waals surface area (Å²) in [4.78, 5) is 15.1. The van der Waals surface area contributed by atoms with E-state index in [0.29, 0.717) is 12.3 Å². The first kappa shape index (κ1) is 18.3. The van der Waals surface area contributed by atoms with Gasteiger partial charge in [-0.25, -0.2) is 0 Å². The van der Waals surface area contributed by atoms with Gasteiger partial charge in [0.15, 0.2) is 11.5 Å². The Kier molecular flexibility index (Phi) is 5.50. The maximum atomic E-state index is 13.1. The van der Waals surface area contributed by atoms with Gasteiger partial charge in [-0.3, -0.25) is 4.79 Å². The van der Waals surface area contributed by atoms with Gasteiger partial charge in [0.1, 0.15) is 0 Å². The summed E-state index contributed by atoms with van der Waals surface area (Å²) in [6, 6.07) is 14.2. The fraction of sp³-hybridized carbons (Fsp3) is 0.409. The predicted molar refractivity (Wildman–Crippen MR) is 103 cm³/mol. The highest BCUT2D eigenvalue weighted by Crippen LogP contribution is 2.41. The fourth-order valence-corrected chi connectivity index (χ4v) is 3.64. The zero-order chi connectivity index (χ0) is 18.7. The second-order valence-electron chi connectivity index (χ2n) is 6.81. The molecule has 0 spiro atoms. The minimum absolute atomic E-state index is 0.0166. The molecule has 2 atom stereocenters. The van der Waals surface area contributed by atoms with Crippen LogP contribution in [0.2, 0.25) is 0 Å². The highest BCUT2D eigenvalue weighted by molar-refractivity contribution is 5.80. The Hall–Kier alpha value is -2.49. The summed E-state index contributed by atoms with van der Waals surface area (Å²) < 4.78 is 11.0. The molecule has 0 aromatic heterocycles. The van der Waals surface area contributed by atoms with Gasteiger partial charge in [-0.2, -0.15) is 0 Å². The van der Waals surface area contributed by atoms with Crippen LogP contribution >= 0.6 is 0 Å². The van der Waals surface area contributed by atoms with Crippen LogP contribution in [0.25, 0.3) is 0 Å². The molecule has 1 aliphatic rings. The fourth-order valence-electron chi connectivity index (χ4n) is 3.64. The summed E-state index contributed by atoms with van der Waals surface area (Å²) in [5.41, 5.74) is 3.46. The molecule has 26 heavy (non-hydrogen) atoms. The maximum absolute atomic E-state index is 13.1. The highest BCUT2D eigenvalue weighted by Gasteiger charge is 2.34. The molecule has 0 saturated heterocycles. The lowest BCUT2D eigenvalue weighted by Crippen LogP contribution is -2.43. The van der Waals surface area contributed by atoms with E-state index in [2.05, 4.69) is 25.1 Å². The average Bonchev–Trinajstić information content (AvgIpc) is 2.71. The van der Waals surface area contributed by atoms with Crippen molar-refractivity contribution in [1.82, 2.24) is 4.90 Å². The number of methoxy groups -OCH3 is 2. The van der Waals surface area contributed by atoms with Crippen LogP contribution in [0.5, 0.6) is 11.5 Å². The second kappa shape index (κ2) is 7.81. The first-order valence-electron chi connectivity index (χ1n) is 9.20. The van der Waals surface area contributed by atoms with E-state index >= 15 is 0 Å². The van der Waals surface area contributed by atoms with Crippen molar-refractivity contribution in [1.29, 1.82) is 0 Å². The van der Waals surface area contributed by atoms with Crippen LogP contribution in [0.3, 0.4) is 0 Å². The van der Waals surface area contributed by atoms with E-state index in [4.69, 9.17) is 9.47 Å². The number of carbonyl (C=O) groups excluding carboxylic acids is 1. The standard InChI is InChI=1S/C22H27NO3/c1-5-15(2)22(24)23-12-11-17-13-19(25-3)20(26-4)14-18(17)21(23)16-9-7-6-8-10-16/h6-10,13-15,21H,5,11-12H2,1-4H3/t15-,21-/m0/s1. The zero-order valence-electron chi connectivity index (χ0n) is 16.0. The smallest absolute Gasteiger partial charge is 0.226 e. The summed E-state index contributed by atoms with van der Waals surface area (Å²) in [7, 11) is 3.30. The molecule has 1 heterocycles. The van der Waals surface area contributed by atoms with Crippen molar-refractivity contribution in [2.75, 3.05) is 20.8 Å². The number of carbonyl (C=O) groups is 1. The second-order valence-corrected chi connectivity index (χ2v) is 6.81. The van der Waals surface area contributed by atoms with Gasteiger partial charge in [0.05, 0.1) is 20.3 Å². The van der Waals surface area contributed by atoms with Crippen LogP contribution < -0.4 is 9.47 Å². The molecule has 0 fully saturated rings. The Bertz CT molecular complexity index is 772. The lowest BCUT2D eigenvalue weighted by atomic mass is 9.86.